The van der Waals surface area contributed by atoms with Crippen molar-refractivity contribution in [2.45, 2.75) is 6.92 Å². The molecule has 1 N–H and O–H groups in total. The molecule has 4 rings (SSSR count). The molecule has 0 fully saturated rings. The SMILES string of the molecule is Cc1ccc2nc(-c3ccccc3)cc(C(=O)Nc3ccccc3)c2c1. The molecule has 1 amide bonds. The molecule has 4 aromatic rings. The maximum atomic E-state index is 13.0. The molecule has 0 radical (unpaired) electrons. The smallest absolute Gasteiger partial charge is 0.256 e. The van der Waals surface area contributed by atoms with Gasteiger partial charge in [-0.1, -0.05) is 60.2 Å². The normalized spacial score (nSPS) is 10.7. The van der Waals surface area contributed by atoms with Crippen LogP contribution in [0.4, 0.5) is 5.69 Å². The van der Waals surface area contributed by atoms with Crippen molar-refractivity contribution in [3.05, 3.63) is 96.1 Å². The van der Waals surface area contributed by atoms with E-state index in [0.717, 1.165) is 33.4 Å². The van der Waals surface area contributed by atoms with Crippen molar-refractivity contribution < 1.29 is 4.79 Å². The Bertz CT molecular complexity index is 1070. The first-order valence-electron chi connectivity index (χ1n) is 8.54. The quantitative estimate of drug-likeness (QED) is 0.539. The molecule has 0 saturated carbocycles. The van der Waals surface area contributed by atoms with Crippen LogP contribution in [-0.4, -0.2) is 10.9 Å². The molecule has 0 aliphatic carbocycles. The van der Waals surface area contributed by atoms with E-state index < -0.39 is 0 Å². The number of fused-ring (bicyclic) bond motifs is 1. The Labute approximate surface area is 152 Å². The molecule has 0 saturated heterocycles. The van der Waals surface area contributed by atoms with Crippen LogP contribution in [-0.2, 0) is 0 Å². The van der Waals surface area contributed by atoms with Crippen LogP contribution in [0.3, 0.4) is 0 Å². The Kier molecular flexibility index (Phi) is 4.20. The number of pyridine rings is 1. The highest BCUT2D eigenvalue weighted by atomic mass is 16.1. The maximum absolute atomic E-state index is 13.0. The maximum Gasteiger partial charge on any atom is 0.256 e. The number of nitrogens with zero attached hydrogens (tertiary/aromatic N) is 1. The first-order chi connectivity index (χ1) is 12.7. The average molecular weight is 338 g/mol. The fourth-order valence-electron chi connectivity index (χ4n) is 3.00. The lowest BCUT2D eigenvalue weighted by atomic mass is 10.0. The van der Waals surface area contributed by atoms with Gasteiger partial charge in [0.2, 0.25) is 0 Å². The van der Waals surface area contributed by atoms with Gasteiger partial charge in [0.1, 0.15) is 0 Å². The number of aromatic nitrogens is 1. The van der Waals surface area contributed by atoms with E-state index in [0.29, 0.717) is 5.56 Å². The molecule has 0 aliphatic rings. The highest BCUT2D eigenvalue weighted by Crippen LogP contribution is 2.26. The number of nitrogens with one attached hydrogen (secondary N) is 1. The number of anilines is 1. The van der Waals surface area contributed by atoms with Crippen molar-refractivity contribution >= 4 is 22.5 Å². The molecule has 26 heavy (non-hydrogen) atoms. The van der Waals surface area contributed by atoms with Crippen molar-refractivity contribution in [1.29, 1.82) is 0 Å². The minimum Gasteiger partial charge on any atom is -0.322 e. The van der Waals surface area contributed by atoms with Gasteiger partial charge in [-0.25, -0.2) is 4.98 Å². The average Bonchev–Trinajstić information content (AvgIpc) is 2.68. The number of para-hydroxylation sites is 1. The van der Waals surface area contributed by atoms with Crippen molar-refractivity contribution in [3.8, 4) is 11.3 Å². The second kappa shape index (κ2) is 6.81. The lowest BCUT2D eigenvalue weighted by Crippen LogP contribution is -2.13. The third-order valence-corrected chi connectivity index (χ3v) is 4.31. The summed E-state index contributed by atoms with van der Waals surface area (Å²) in [6.45, 7) is 2.02. The van der Waals surface area contributed by atoms with Gasteiger partial charge in [-0.15, -0.1) is 0 Å². The van der Waals surface area contributed by atoms with Gasteiger partial charge in [0.15, 0.2) is 0 Å². The fourth-order valence-corrected chi connectivity index (χ4v) is 3.00. The number of carbonyl (C=O) groups excluding carboxylic acids is 1. The molecule has 3 heteroatoms. The summed E-state index contributed by atoms with van der Waals surface area (Å²) < 4.78 is 0. The molecule has 1 heterocycles. The van der Waals surface area contributed by atoms with Crippen LogP contribution in [0.15, 0.2) is 84.9 Å². The van der Waals surface area contributed by atoms with Crippen molar-refractivity contribution in [3.63, 3.8) is 0 Å². The van der Waals surface area contributed by atoms with E-state index in [1.807, 2.05) is 91.9 Å². The first kappa shape index (κ1) is 16.0. The van der Waals surface area contributed by atoms with Crippen molar-refractivity contribution in [1.82, 2.24) is 4.98 Å². The monoisotopic (exact) mass is 338 g/mol. The molecule has 0 spiro atoms. The third kappa shape index (κ3) is 3.20. The lowest BCUT2D eigenvalue weighted by molar-refractivity contribution is 0.102. The molecule has 0 unspecified atom stereocenters. The van der Waals surface area contributed by atoms with E-state index >= 15 is 0 Å². The van der Waals surface area contributed by atoms with Crippen molar-refractivity contribution in [2.24, 2.45) is 0 Å². The first-order valence-corrected chi connectivity index (χ1v) is 8.54. The topological polar surface area (TPSA) is 42.0 Å². The number of amides is 1. The molecule has 3 aromatic carbocycles. The second-order valence-corrected chi connectivity index (χ2v) is 6.26. The van der Waals surface area contributed by atoms with Gasteiger partial charge in [0.05, 0.1) is 16.8 Å². The highest BCUT2D eigenvalue weighted by molar-refractivity contribution is 6.13. The zero-order chi connectivity index (χ0) is 17.9. The zero-order valence-electron chi connectivity index (χ0n) is 14.4. The Morgan fingerprint density at radius 1 is 0.846 bits per heavy atom. The summed E-state index contributed by atoms with van der Waals surface area (Å²) in [6.07, 6.45) is 0. The van der Waals surface area contributed by atoms with Gasteiger partial charge in [-0.3, -0.25) is 4.79 Å². The zero-order valence-corrected chi connectivity index (χ0v) is 14.4. The van der Waals surface area contributed by atoms with E-state index in [2.05, 4.69) is 5.32 Å². The Balaban J connectivity index is 1.85. The van der Waals surface area contributed by atoms with Crippen LogP contribution < -0.4 is 5.32 Å². The van der Waals surface area contributed by atoms with Crippen LogP contribution in [0.1, 0.15) is 15.9 Å². The van der Waals surface area contributed by atoms with Crippen molar-refractivity contribution in [2.75, 3.05) is 5.32 Å². The van der Waals surface area contributed by atoms with Crippen LogP contribution in [0, 0.1) is 6.92 Å². The van der Waals surface area contributed by atoms with Crippen LogP contribution >= 0.6 is 0 Å². The Morgan fingerprint density at radius 2 is 1.54 bits per heavy atom. The predicted molar refractivity (Wildman–Crippen MR) is 106 cm³/mol. The summed E-state index contributed by atoms with van der Waals surface area (Å²) in [7, 11) is 0. The van der Waals surface area contributed by atoms with Crippen LogP contribution in [0.5, 0.6) is 0 Å². The van der Waals surface area contributed by atoms with E-state index in [9.17, 15) is 4.79 Å². The summed E-state index contributed by atoms with van der Waals surface area (Å²) in [5.41, 5.74) is 5.09. The fraction of sp³-hybridized carbons (Fsp3) is 0.0435. The van der Waals surface area contributed by atoms with Gasteiger partial charge in [-0.2, -0.15) is 0 Å². The molecule has 3 nitrogen and oxygen atoms in total. The van der Waals surface area contributed by atoms with Gasteiger partial charge in [0.25, 0.3) is 5.91 Å². The number of benzene rings is 3. The van der Waals surface area contributed by atoms with Gasteiger partial charge in [-0.05, 0) is 37.3 Å². The van der Waals surface area contributed by atoms with Gasteiger partial charge >= 0.3 is 0 Å². The summed E-state index contributed by atoms with van der Waals surface area (Å²) in [5, 5.41) is 3.84. The molecular weight excluding hydrogens is 320 g/mol. The molecule has 126 valence electrons. The van der Waals surface area contributed by atoms with E-state index in [1.54, 1.807) is 0 Å². The van der Waals surface area contributed by atoms with Gasteiger partial charge < -0.3 is 5.32 Å². The number of hydrogen-bond acceptors (Lipinski definition) is 2. The van der Waals surface area contributed by atoms with E-state index in [1.165, 1.54) is 0 Å². The molecule has 1 aromatic heterocycles. The summed E-state index contributed by atoms with van der Waals surface area (Å²) in [6, 6.07) is 27.3. The molecule has 0 atom stereocenters. The largest absolute Gasteiger partial charge is 0.322 e. The molecule has 0 bridgehead atoms. The predicted octanol–water partition coefficient (Wildman–Crippen LogP) is 5.46. The highest BCUT2D eigenvalue weighted by Gasteiger charge is 2.14. The minimum absolute atomic E-state index is 0.133. The number of hydrogen-bond donors (Lipinski definition) is 1. The van der Waals surface area contributed by atoms with Crippen LogP contribution in [0.25, 0.3) is 22.2 Å². The molecular formula is C23H18N2O. The summed E-state index contributed by atoms with van der Waals surface area (Å²) in [5.74, 6) is -0.133. The summed E-state index contributed by atoms with van der Waals surface area (Å²) in [4.78, 5) is 17.7. The third-order valence-electron chi connectivity index (χ3n) is 4.31. The second-order valence-electron chi connectivity index (χ2n) is 6.26. The van der Waals surface area contributed by atoms with Gasteiger partial charge in [0, 0.05) is 16.6 Å². The lowest BCUT2D eigenvalue weighted by Gasteiger charge is -2.11. The number of aryl methyl sites for hydroxylation is 1. The minimum atomic E-state index is -0.133. The Hall–Kier alpha value is -3.46. The summed E-state index contributed by atoms with van der Waals surface area (Å²) >= 11 is 0. The number of carbonyl (C=O) groups is 1. The van der Waals surface area contributed by atoms with E-state index in [-0.39, 0.29) is 5.91 Å². The standard InChI is InChI=1S/C23H18N2O/c1-16-12-13-21-19(14-16)20(23(26)24-18-10-6-3-7-11-18)15-22(25-21)17-8-4-2-5-9-17/h2-15H,1H3,(H,24,26). The number of rotatable bonds is 3. The van der Waals surface area contributed by atoms with Crippen LogP contribution in [0.2, 0.25) is 0 Å². The molecule has 0 aliphatic heterocycles. The Morgan fingerprint density at radius 3 is 2.27 bits per heavy atom. The van der Waals surface area contributed by atoms with E-state index in [4.69, 9.17) is 4.98 Å².